The monoisotopic (exact) mass is 445 g/mol. The highest BCUT2D eigenvalue weighted by Crippen LogP contribution is 2.41. The first-order valence-electron chi connectivity index (χ1n) is 10.7. The average Bonchev–Trinajstić information content (AvgIpc) is 3.47. The molecule has 1 aromatic heterocycles. The van der Waals surface area contributed by atoms with Crippen molar-refractivity contribution in [3.05, 3.63) is 57.2 Å². The van der Waals surface area contributed by atoms with E-state index in [0.29, 0.717) is 11.6 Å². The Balaban J connectivity index is 1.26. The minimum atomic E-state index is -0.420. The summed E-state index contributed by atoms with van der Waals surface area (Å²) < 4.78 is 0. The molecule has 1 aliphatic carbocycles. The van der Waals surface area contributed by atoms with Crippen molar-refractivity contribution < 1.29 is 9.59 Å². The van der Waals surface area contributed by atoms with Crippen molar-refractivity contribution in [2.45, 2.75) is 31.1 Å². The second-order valence-electron chi connectivity index (χ2n) is 8.20. The minimum absolute atomic E-state index is 0.121. The van der Waals surface area contributed by atoms with E-state index in [4.69, 9.17) is 11.6 Å². The largest absolute Gasteiger partial charge is 0.354 e. The zero-order chi connectivity index (χ0) is 21.0. The van der Waals surface area contributed by atoms with Crippen molar-refractivity contribution in [3.8, 4) is 0 Å². The van der Waals surface area contributed by atoms with Gasteiger partial charge in [0, 0.05) is 49.7 Å². The van der Waals surface area contributed by atoms with Crippen LogP contribution in [0, 0.1) is 0 Å². The third-order valence-electron chi connectivity index (χ3n) is 6.43. The molecule has 0 radical (unpaired) electrons. The fourth-order valence-electron chi connectivity index (χ4n) is 4.63. The summed E-state index contributed by atoms with van der Waals surface area (Å²) >= 11 is 7.59. The first kappa shape index (κ1) is 21.3. The number of hydrogen-bond donors (Lipinski definition) is 1. The maximum atomic E-state index is 13.2. The minimum Gasteiger partial charge on any atom is -0.354 e. The predicted molar refractivity (Wildman–Crippen MR) is 121 cm³/mol. The van der Waals surface area contributed by atoms with Crippen LogP contribution in [-0.4, -0.2) is 60.9 Å². The third-order valence-corrected chi connectivity index (χ3v) is 7.36. The SMILES string of the molecule is O=C(c1ccsc1)N1CCN(CCNC(=O)C2(c3ccc(Cl)cc3)CCCC2)CC1. The van der Waals surface area contributed by atoms with Gasteiger partial charge >= 0.3 is 0 Å². The maximum absolute atomic E-state index is 13.2. The molecule has 0 unspecified atom stereocenters. The molecule has 2 heterocycles. The van der Waals surface area contributed by atoms with Crippen LogP contribution in [0.3, 0.4) is 0 Å². The summed E-state index contributed by atoms with van der Waals surface area (Å²) in [5.41, 5.74) is 1.43. The molecule has 2 amide bonds. The number of nitrogens with zero attached hydrogens (tertiary/aromatic N) is 2. The average molecular weight is 446 g/mol. The van der Waals surface area contributed by atoms with Crippen LogP contribution in [0.1, 0.15) is 41.6 Å². The number of benzene rings is 1. The number of carbonyl (C=O) groups is 2. The predicted octanol–water partition coefficient (Wildman–Crippen LogP) is 3.79. The van der Waals surface area contributed by atoms with Gasteiger partial charge in [0.2, 0.25) is 5.91 Å². The van der Waals surface area contributed by atoms with Crippen molar-refractivity contribution in [2.24, 2.45) is 0 Å². The molecule has 1 aliphatic heterocycles. The lowest BCUT2D eigenvalue weighted by Gasteiger charge is -2.35. The molecule has 30 heavy (non-hydrogen) atoms. The standard InChI is InChI=1S/C23H28ClN3O2S/c24-20-5-3-19(4-6-20)23(8-1-2-9-23)22(29)25-10-11-26-12-14-27(15-13-26)21(28)18-7-16-30-17-18/h3-7,16-17H,1-2,8-15H2,(H,25,29). The van der Waals surface area contributed by atoms with Crippen molar-refractivity contribution in [2.75, 3.05) is 39.3 Å². The zero-order valence-corrected chi connectivity index (χ0v) is 18.7. The van der Waals surface area contributed by atoms with Crippen LogP contribution < -0.4 is 5.32 Å². The molecule has 4 rings (SSSR count). The summed E-state index contributed by atoms with van der Waals surface area (Å²) in [5, 5.41) is 7.73. The summed E-state index contributed by atoms with van der Waals surface area (Å²) in [6, 6.07) is 9.63. The van der Waals surface area contributed by atoms with Gasteiger partial charge in [-0.1, -0.05) is 36.6 Å². The van der Waals surface area contributed by atoms with Crippen LogP contribution in [0.4, 0.5) is 0 Å². The van der Waals surface area contributed by atoms with E-state index in [-0.39, 0.29) is 11.8 Å². The van der Waals surface area contributed by atoms with Crippen molar-refractivity contribution in [1.29, 1.82) is 0 Å². The highest BCUT2D eigenvalue weighted by Gasteiger charge is 2.42. The Morgan fingerprint density at radius 3 is 2.37 bits per heavy atom. The molecule has 160 valence electrons. The molecule has 1 aromatic carbocycles. The highest BCUT2D eigenvalue weighted by atomic mass is 35.5. The Bertz CT molecular complexity index is 855. The molecule has 2 aromatic rings. The van der Waals surface area contributed by atoms with E-state index in [0.717, 1.165) is 69.5 Å². The quantitative estimate of drug-likeness (QED) is 0.736. The summed E-state index contributed by atoms with van der Waals surface area (Å²) in [4.78, 5) is 29.9. The second kappa shape index (κ2) is 9.50. The first-order chi connectivity index (χ1) is 14.6. The topological polar surface area (TPSA) is 52.7 Å². The van der Waals surface area contributed by atoms with E-state index < -0.39 is 5.41 Å². The summed E-state index contributed by atoms with van der Waals surface area (Å²) in [5.74, 6) is 0.254. The number of halogens is 1. The highest BCUT2D eigenvalue weighted by molar-refractivity contribution is 7.08. The summed E-state index contributed by atoms with van der Waals surface area (Å²) in [6.07, 6.45) is 3.94. The van der Waals surface area contributed by atoms with Gasteiger partial charge in [-0.2, -0.15) is 11.3 Å². The van der Waals surface area contributed by atoms with Crippen LogP contribution in [0.15, 0.2) is 41.1 Å². The summed E-state index contributed by atoms with van der Waals surface area (Å²) in [7, 11) is 0. The molecule has 1 N–H and O–H groups in total. The van der Waals surface area contributed by atoms with Gasteiger partial charge in [0.1, 0.15) is 0 Å². The Labute approximate surface area is 187 Å². The molecule has 1 saturated heterocycles. The Kier molecular flexibility index (Phi) is 6.76. The molecule has 2 fully saturated rings. The molecular weight excluding hydrogens is 418 g/mol. The van der Waals surface area contributed by atoms with E-state index in [1.807, 2.05) is 46.0 Å². The van der Waals surface area contributed by atoms with Crippen molar-refractivity contribution in [1.82, 2.24) is 15.1 Å². The number of nitrogens with one attached hydrogen (secondary N) is 1. The van der Waals surface area contributed by atoms with Gasteiger partial charge in [-0.15, -0.1) is 0 Å². The number of hydrogen-bond acceptors (Lipinski definition) is 4. The number of rotatable bonds is 6. The molecular formula is C23H28ClN3O2S. The second-order valence-corrected chi connectivity index (χ2v) is 9.41. The van der Waals surface area contributed by atoms with Gasteiger partial charge in [-0.3, -0.25) is 14.5 Å². The van der Waals surface area contributed by atoms with Crippen LogP contribution in [-0.2, 0) is 10.2 Å². The van der Waals surface area contributed by atoms with E-state index >= 15 is 0 Å². The van der Waals surface area contributed by atoms with Gasteiger partial charge in [-0.05, 0) is 42.0 Å². The van der Waals surface area contributed by atoms with Crippen LogP contribution >= 0.6 is 22.9 Å². The molecule has 7 heteroatoms. The molecule has 2 aliphatic rings. The lowest BCUT2D eigenvalue weighted by Crippen LogP contribution is -2.51. The number of carbonyl (C=O) groups excluding carboxylic acids is 2. The Hall–Kier alpha value is -1.89. The Morgan fingerprint density at radius 2 is 1.73 bits per heavy atom. The first-order valence-corrected chi connectivity index (χ1v) is 12.0. The van der Waals surface area contributed by atoms with Gasteiger partial charge < -0.3 is 10.2 Å². The number of piperazine rings is 1. The molecule has 0 bridgehead atoms. The third kappa shape index (κ3) is 4.56. The van der Waals surface area contributed by atoms with Crippen molar-refractivity contribution in [3.63, 3.8) is 0 Å². The van der Waals surface area contributed by atoms with Crippen LogP contribution in [0.25, 0.3) is 0 Å². The number of thiophene rings is 1. The van der Waals surface area contributed by atoms with Gasteiger partial charge in [0.15, 0.2) is 0 Å². The zero-order valence-electron chi connectivity index (χ0n) is 17.1. The molecule has 1 saturated carbocycles. The Morgan fingerprint density at radius 1 is 1.03 bits per heavy atom. The lowest BCUT2D eigenvalue weighted by atomic mass is 9.78. The van der Waals surface area contributed by atoms with E-state index in [1.54, 1.807) is 11.3 Å². The van der Waals surface area contributed by atoms with E-state index in [9.17, 15) is 9.59 Å². The van der Waals surface area contributed by atoms with E-state index in [1.165, 1.54) is 0 Å². The lowest BCUT2D eigenvalue weighted by molar-refractivity contribution is -0.126. The van der Waals surface area contributed by atoms with Gasteiger partial charge in [0.05, 0.1) is 11.0 Å². The smallest absolute Gasteiger partial charge is 0.254 e. The van der Waals surface area contributed by atoms with E-state index in [2.05, 4.69) is 10.2 Å². The molecule has 5 nitrogen and oxygen atoms in total. The maximum Gasteiger partial charge on any atom is 0.254 e. The van der Waals surface area contributed by atoms with Crippen molar-refractivity contribution >= 4 is 34.8 Å². The van der Waals surface area contributed by atoms with Gasteiger partial charge in [-0.25, -0.2) is 0 Å². The summed E-state index contributed by atoms with van der Waals surface area (Å²) in [6.45, 7) is 4.59. The number of amides is 2. The normalized spacial score (nSPS) is 19.0. The molecule has 0 atom stereocenters. The molecule has 0 spiro atoms. The fourth-order valence-corrected chi connectivity index (χ4v) is 5.39. The van der Waals surface area contributed by atoms with Crippen LogP contribution in [0.2, 0.25) is 5.02 Å². The fraction of sp³-hybridized carbons (Fsp3) is 0.478. The van der Waals surface area contributed by atoms with Gasteiger partial charge in [0.25, 0.3) is 5.91 Å². The van der Waals surface area contributed by atoms with Crippen LogP contribution in [0.5, 0.6) is 0 Å².